The third-order valence-corrected chi connectivity index (χ3v) is 5.50. The minimum absolute atomic E-state index is 0.0955. The van der Waals surface area contributed by atoms with E-state index in [1.807, 2.05) is 10.9 Å². The molecule has 4 rings (SSSR count). The van der Waals surface area contributed by atoms with Gasteiger partial charge in [0.25, 0.3) is 0 Å². The summed E-state index contributed by atoms with van der Waals surface area (Å²) in [5.74, 6) is -1.09. The number of benzene rings is 2. The fraction of sp³-hybridized carbons (Fsp3) is 0.0769. The fourth-order valence-electron chi connectivity index (χ4n) is 3.54. The number of nitro groups is 2. The molecular formula is C26H20N6O10. The van der Waals surface area contributed by atoms with Gasteiger partial charge in [-0.15, -0.1) is 0 Å². The second-order valence-electron chi connectivity index (χ2n) is 8.09. The maximum Gasteiger partial charge on any atom is 0.331 e. The van der Waals surface area contributed by atoms with Crippen LogP contribution < -0.4 is 20.3 Å². The quantitative estimate of drug-likeness (QED) is 0.121. The lowest BCUT2D eigenvalue weighted by Gasteiger charge is -2.03. The first-order valence-electron chi connectivity index (χ1n) is 11.7. The van der Waals surface area contributed by atoms with Gasteiger partial charge in [-0.1, -0.05) is 0 Å². The van der Waals surface area contributed by atoms with Crippen molar-refractivity contribution in [2.45, 2.75) is 0 Å². The molecule has 214 valence electrons. The van der Waals surface area contributed by atoms with Gasteiger partial charge in [0.15, 0.2) is 11.5 Å². The Morgan fingerprint density at radius 2 is 1.12 bits per heavy atom. The highest BCUT2D eigenvalue weighted by Crippen LogP contribution is 2.34. The average Bonchev–Trinajstić information content (AvgIpc) is 3.66. The second kappa shape index (κ2) is 12.7. The van der Waals surface area contributed by atoms with Crippen molar-refractivity contribution < 1.29 is 37.7 Å². The van der Waals surface area contributed by atoms with E-state index in [1.54, 1.807) is 24.3 Å². The Kier molecular flexibility index (Phi) is 8.67. The van der Waals surface area contributed by atoms with Crippen LogP contribution in [0.5, 0.6) is 11.5 Å². The summed E-state index contributed by atoms with van der Waals surface area (Å²) in [5, 5.41) is 29.8. The normalized spacial score (nSPS) is 11.0. The number of hydrogen-bond acceptors (Lipinski definition) is 12. The summed E-state index contributed by atoms with van der Waals surface area (Å²) in [6.07, 6.45) is 2.26. The molecule has 4 aromatic rings. The van der Waals surface area contributed by atoms with Gasteiger partial charge in [0.1, 0.15) is 23.0 Å². The number of nitro benzene ring substituents is 2. The Balaban J connectivity index is 1.31. The number of hydrazone groups is 2. The van der Waals surface area contributed by atoms with Crippen molar-refractivity contribution in [1.29, 1.82) is 0 Å². The van der Waals surface area contributed by atoms with E-state index in [0.29, 0.717) is 22.6 Å². The summed E-state index contributed by atoms with van der Waals surface area (Å²) in [5.41, 5.74) is 4.37. The highest BCUT2D eigenvalue weighted by molar-refractivity contribution is 6.35. The monoisotopic (exact) mass is 576 g/mol. The maximum atomic E-state index is 12.0. The topological polar surface area (TPSA) is 214 Å². The molecule has 0 aliphatic carbocycles. The molecule has 0 fully saturated rings. The van der Waals surface area contributed by atoms with Gasteiger partial charge in [0, 0.05) is 23.3 Å². The molecule has 0 unspecified atom stereocenters. The van der Waals surface area contributed by atoms with E-state index < -0.39 is 21.7 Å². The molecular weight excluding hydrogens is 556 g/mol. The summed E-state index contributed by atoms with van der Waals surface area (Å²) in [4.78, 5) is 45.3. The number of nitrogens with zero attached hydrogens (tertiary/aromatic N) is 4. The van der Waals surface area contributed by atoms with E-state index in [0.717, 1.165) is 12.4 Å². The van der Waals surface area contributed by atoms with Crippen molar-refractivity contribution in [3.05, 3.63) is 92.4 Å². The van der Waals surface area contributed by atoms with Crippen molar-refractivity contribution in [2.24, 2.45) is 10.2 Å². The van der Waals surface area contributed by atoms with Gasteiger partial charge >= 0.3 is 23.2 Å². The van der Waals surface area contributed by atoms with Gasteiger partial charge in [-0.25, -0.2) is 10.9 Å². The van der Waals surface area contributed by atoms with E-state index in [2.05, 4.69) is 10.2 Å². The molecule has 0 saturated heterocycles. The first-order chi connectivity index (χ1) is 20.2. The van der Waals surface area contributed by atoms with Crippen LogP contribution in [0, 0.1) is 20.2 Å². The Morgan fingerprint density at radius 1 is 0.714 bits per heavy atom. The number of furan rings is 2. The zero-order valence-corrected chi connectivity index (χ0v) is 21.8. The average molecular weight is 576 g/mol. The van der Waals surface area contributed by atoms with Crippen molar-refractivity contribution in [1.82, 2.24) is 10.9 Å². The van der Waals surface area contributed by atoms with E-state index in [1.165, 1.54) is 50.6 Å². The molecule has 0 atom stereocenters. The maximum absolute atomic E-state index is 12.0. The van der Waals surface area contributed by atoms with Gasteiger partial charge in [-0.05, 0) is 48.5 Å². The van der Waals surface area contributed by atoms with Crippen LogP contribution in [0.2, 0.25) is 0 Å². The number of amides is 2. The third-order valence-electron chi connectivity index (χ3n) is 5.50. The predicted molar refractivity (Wildman–Crippen MR) is 146 cm³/mol. The molecule has 0 aliphatic rings. The van der Waals surface area contributed by atoms with E-state index >= 15 is 0 Å². The summed E-state index contributed by atoms with van der Waals surface area (Å²) in [6.45, 7) is 0. The van der Waals surface area contributed by atoms with Crippen LogP contribution >= 0.6 is 0 Å². The lowest BCUT2D eigenvalue weighted by Crippen LogP contribution is -2.35. The SMILES string of the molecule is COc1ccc(-c2ccc(/C=N/NC(=O)C(=O)N/N=C/c3ccc(-c4ccc(OC)c([N+](=O)[O-])c4)o3)o2)cc1[N+](=O)[O-]. The number of methoxy groups -OCH3 is 2. The van der Waals surface area contributed by atoms with Crippen LogP contribution in [0.3, 0.4) is 0 Å². The number of carbonyl (C=O) groups excluding carboxylic acids is 2. The van der Waals surface area contributed by atoms with Gasteiger partial charge < -0.3 is 18.3 Å². The molecule has 2 amide bonds. The van der Waals surface area contributed by atoms with Crippen molar-refractivity contribution in [3.63, 3.8) is 0 Å². The van der Waals surface area contributed by atoms with Crippen LogP contribution in [0.4, 0.5) is 11.4 Å². The largest absolute Gasteiger partial charge is 0.490 e. The van der Waals surface area contributed by atoms with Crippen LogP contribution in [-0.2, 0) is 9.59 Å². The van der Waals surface area contributed by atoms with Gasteiger partial charge in [-0.2, -0.15) is 10.2 Å². The molecule has 2 aromatic heterocycles. The van der Waals surface area contributed by atoms with Crippen LogP contribution in [0.25, 0.3) is 22.6 Å². The van der Waals surface area contributed by atoms with E-state index in [9.17, 15) is 29.8 Å². The summed E-state index contributed by atoms with van der Waals surface area (Å²) in [6, 6.07) is 14.7. The predicted octanol–water partition coefficient (Wildman–Crippen LogP) is 3.64. The number of carbonyl (C=O) groups is 2. The molecule has 0 aliphatic heterocycles. The molecule has 0 saturated carbocycles. The zero-order valence-electron chi connectivity index (χ0n) is 21.8. The van der Waals surface area contributed by atoms with Crippen molar-refractivity contribution in [2.75, 3.05) is 14.2 Å². The zero-order chi connectivity index (χ0) is 30.2. The summed E-state index contributed by atoms with van der Waals surface area (Å²) < 4.78 is 21.1. The van der Waals surface area contributed by atoms with E-state index in [-0.39, 0.29) is 34.4 Å². The summed E-state index contributed by atoms with van der Waals surface area (Å²) >= 11 is 0. The number of hydrogen-bond donors (Lipinski definition) is 2. The lowest BCUT2D eigenvalue weighted by molar-refractivity contribution is -0.385. The van der Waals surface area contributed by atoms with Gasteiger partial charge in [0.2, 0.25) is 0 Å². The minimum Gasteiger partial charge on any atom is -0.490 e. The molecule has 2 heterocycles. The van der Waals surface area contributed by atoms with Gasteiger partial charge in [-0.3, -0.25) is 29.8 Å². The molecule has 2 N–H and O–H groups in total. The first kappa shape index (κ1) is 28.7. The first-order valence-corrected chi connectivity index (χ1v) is 11.7. The van der Waals surface area contributed by atoms with Crippen LogP contribution in [0.1, 0.15) is 11.5 Å². The minimum atomic E-state index is -1.13. The number of nitrogens with one attached hydrogen (secondary N) is 2. The van der Waals surface area contributed by atoms with Crippen molar-refractivity contribution >= 4 is 35.6 Å². The Bertz CT molecular complexity index is 1600. The highest BCUT2D eigenvalue weighted by Gasteiger charge is 2.18. The number of rotatable bonds is 10. The molecule has 0 radical (unpaired) electrons. The summed E-state index contributed by atoms with van der Waals surface area (Å²) in [7, 11) is 2.64. The standard InChI is InChI=1S/C26H20N6O10/c1-39-23-7-3-15(11-19(23)31(35)36)21-9-5-17(41-21)13-27-29-25(33)26(34)30-28-14-18-6-10-22(42-18)16-4-8-24(40-2)20(12-16)32(37)38/h3-14H,1-2H3,(H,29,33)(H,30,34)/b27-13+,28-14+. The Labute approximate surface area is 235 Å². The Morgan fingerprint density at radius 3 is 1.48 bits per heavy atom. The lowest BCUT2D eigenvalue weighted by atomic mass is 10.1. The molecule has 16 nitrogen and oxygen atoms in total. The number of ether oxygens (including phenoxy) is 2. The molecule has 0 bridgehead atoms. The third kappa shape index (κ3) is 6.63. The second-order valence-corrected chi connectivity index (χ2v) is 8.09. The van der Waals surface area contributed by atoms with Crippen LogP contribution in [0.15, 0.2) is 79.7 Å². The van der Waals surface area contributed by atoms with Gasteiger partial charge in [0.05, 0.1) is 36.5 Å². The fourth-order valence-corrected chi connectivity index (χ4v) is 3.54. The molecule has 16 heteroatoms. The van der Waals surface area contributed by atoms with Crippen LogP contribution in [-0.4, -0.2) is 48.3 Å². The molecule has 2 aromatic carbocycles. The van der Waals surface area contributed by atoms with Crippen molar-refractivity contribution in [3.8, 4) is 34.1 Å². The molecule has 0 spiro atoms. The Hall–Kier alpha value is -6.32. The van der Waals surface area contributed by atoms with E-state index in [4.69, 9.17) is 18.3 Å². The highest BCUT2D eigenvalue weighted by atomic mass is 16.6. The molecule has 42 heavy (non-hydrogen) atoms. The smallest absolute Gasteiger partial charge is 0.331 e.